The van der Waals surface area contributed by atoms with Crippen molar-refractivity contribution in [2.24, 2.45) is 0 Å². The molecule has 1 aliphatic rings. The summed E-state index contributed by atoms with van der Waals surface area (Å²) in [5.41, 5.74) is 0.561. The molecular weight excluding hydrogens is 283 g/mol. The van der Waals surface area contributed by atoms with Gasteiger partial charge in [0.2, 0.25) is 0 Å². The third kappa shape index (κ3) is 3.62. The Morgan fingerprint density at radius 1 is 1.21 bits per heavy atom. The van der Waals surface area contributed by atoms with E-state index in [4.69, 9.17) is 23.2 Å². The summed E-state index contributed by atoms with van der Waals surface area (Å²) in [5.74, 6) is -0.00560. The van der Waals surface area contributed by atoms with Gasteiger partial charge < -0.3 is 9.80 Å². The summed E-state index contributed by atoms with van der Waals surface area (Å²) in [5, 5.41) is 0.995. The predicted molar refractivity (Wildman–Crippen MR) is 78.2 cm³/mol. The van der Waals surface area contributed by atoms with E-state index in [1.807, 2.05) is 11.9 Å². The largest absolute Gasteiger partial charge is 0.338 e. The molecule has 3 nitrogen and oxygen atoms in total. The van der Waals surface area contributed by atoms with Gasteiger partial charge in [0.15, 0.2) is 0 Å². The first-order valence-corrected chi connectivity index (χ1v) is 7.27. The average Bonchev–Trinajstić information content (AvgIpc) is 2.37. The van der Waals surface area contributed by atoms with E-state index in [0.29, 0.717) is 21.7 Å². The Morgan fingerprint density at radius 3 is 2.26 bits per heavy atom. The molecule has 0 unspecified atom stereocenters. The Hall–Kier alpha value is -0.770. The molecule has 0 saturated carbocycles. The minimum atomic E-state index is -0.00560. The molecule has 19 heavy (non-hydrogen) atoms. The van der Waals surface area contributed by atoms with E-state index in [-0.39, 0.29) is 5.91 Å². The molecule has 0 aliphatic carbocycles. The van der Waals surface area contributed by atoms with Gasteiger partial charge in [0.25, 0.3) is 5.91 Å². The fourth-order valence-corrected chi connectivity index (χ4v) is 3.06. The second-order valence-electron chi connectivity index (χ2n) is 5.26. The van der Waals surface area contributed by atoms with Gasteiger partial charge in [-0.15, -0.1) is 0 Å². The Kier molecular flexibility index (Phi) is 4.71. The van der Waals surface area contributed by atoms with Gasteiger partial charge in [-0.05, 0) is 18.2 Å². The SMILES string of the molecule is CN(C(=O)c1cc(Cl)cc(Cl)c1)C1CC[NH+](C)CC1. The second kappa shape index (κ2) is 6.12. The van der Waals surface area contributed by atoms with E-state index in [2.05, 4.69) is 7.05 Å². The molecule has 2 rings (SSSR count). The molecule has 0 atom stereocenters. The number of halogens is 2. The number of amides is 1. The molecule has 1 fully saturated rings. The van der Waals surface area contributed by atoms with E-state index < -0.39 is 0 Å². The smallest absolute Gasteiger partial charge is 0.253 e. The number of nitrogens with zero attached hydrogens (tertiary/aromatic N) is 1. The highest BCUT2D eigenvalue weighted by Gasteiger charge is 2.26. The summed E-state index contributed by atoms with van der Waals surface area (Å²) in [6.45, 7) is 2.22. The van der Waals surface area contributed by atoms with E-state index in [1.165, 1.54) is 4.90 Å². The van der Waals surface area contributed by atoms with Crippen molar-refractivity contribution in [2.75, 3.05) is 27.2 Å². The molecule has 0 bridgehead atoms. The second-order valence-corrected chi connectivity index (χ2v) is 6.14. The molecule has 1 amide bonds. The summed E-state index contributed by atoms with van der Waals surface area (Å²) in [6.07, 6.45) is 2.09. The Balaban J connectivity index is 2.10. The van der Waals surface area contributed by atoms with Gasteiger partial charge >= 0.3 is 0 Å². The first kappa shape index (κ1) is 14.6. The lowest BCUT2D eigenvalue weighted by molar-refractivity contribution is -0.885. The molecule has 0 spiro atoms. The van der Waals surface area contributed by atoms with Crippen molar-refractivity contribution < 1.29 is 9.69 Å². The molecule has 5 heteroatoms. The van der Waals surface area contributed by atoms with Crippen molar-refractivity contribution in [3.63, 3.8) is 0 Å². The van der Waals surface area contributed by atoms with Crippen LogP contribution in [0.5, 0.6) is 0 Å². The van der Waals surface area contributed by atoms with Crippen LogP contribution in [0.3, 0.4) is 0 Å². The molecule has 104 valence electrons. The van der Waals surface area contributed by atoms with Crippen molar-refractivity contribution in [1.82, 2.24) is 4.90 Å². The third-order valence-corrected chi connectivity index (χ3v) is 4.22. The van der Waals surface area contributed by atoms with Crippen LogP contribution in [0.15, 0.2) is 18.2 Å². The Morgan fingerprint density at radius 2 is 1.74 bits per heavy atom. The average molecular weight is 302 g/mol. The zero-order valence-corrected chi connectivity index (χ0v) is 12.8. The minimum Gasteiger partial charge on any atom is -0.338 e. The number of carbonyl (C=O) groups is 1. The molecule has 1 heterocycles. The summed E-state index contributed by atoms with van der Waals surface area (Å²) >= 11 is 11.9. The van der Waals surface area contributed by atoms with Crippen molar-refractivity contribution in [2.45, 2.75) is 18.9 Å². The van der Waals surface area contributed by atoms with Gasteiger partial charge in [0.1, 0.15) is 0 Å². The first-order valence-electron chi connectivity index (χ1n) is 6.52. The van der Waals surface area contributed by atoms with Crippen molar-refractivity contribution in [1.29, 1.82) is 0 Å². The van der Waals surface area contributed by atoms with E-state index in [1.54, 1.807) is 18.2 Å². The summed E-state index contributed by atoms with van der Waals surface area (Å²) in [7, 11) is 4.05. The van der Waals surface area contributed by atoms with Crippen LogP contribution in [0.1, 0.15) is 23.2 Å². The first-order chi connectivity index (χ1) is 8.97. The Labute approximate surface area is 124 Å². The van der Waals surface area contributed by atoms with Gasteiger partial charge in [-0.25, -0.2) is 0 Å². The molecule has 0 radical (unpaired) electrons. The van der Waals surface area contributed by atoms with Gasteiger partial charge in [0.05, 0.1) is 20.1 Å². The lowest BCUT2D eigenvalue weighted by Gasteiger charge is -2.33. The van der Waals surface area contributed by atoms with Crippen molar-refractivity contribution >= 4 is 29.1 Å². The van der Waals surface area contributed by atoms with Crippen LogP contribution in [0.2, 0.25) is 10.0 Å². The zero-order valence-electron chi connectivity index (χ0n) is 11.2. The number of quaternary nitrogens is 1. The fraction of sp³-hybridized carbons (Fsp3) is 0.500. The van der Waals surface area contributed by atoms with Gasteiger partial charge in [-0.1, -0.05) is 23.2 Å². The van der Waals surface area contributed by atoms with Crippen LogP contribution >= 0.6 is 23.2 Å². The normalized spacial score (nSPS) is 23.2. The Bertz CT molecular complexity index is 450. The maximum atomic E-state index is 12.4. The number of hydrogen-bond acceptors (Lipinski definition) is 1. The summed E-state index contributed by atoms with van der Waals surface area (Å²) in [4.78, 5) is 15.8. The highest BCUT2D eigenvalue weighted by Crippen LogP contribution is 2.21. The monoisotopic (exact) mass is 301 g/mol. The molecule has 1 aromatic rings. The number of piperidine rings is 1. The fourth-order valence-electron chi connectivity index (χ4n) is 2.53. The molecule has 1 N–H and O–H groups in total. The van der Waals surface area contributed by atoms with Crippen LogP contribution in [-0.2, 0) is 0 Å². The molecule has 1 aromatic carbocycles. The van der Waals surface area contributed by atoms with Gasteiger partial charge in [0, 0.05) is 41.5 Å². The van der Waals surface area contributed by atoms with E-state index >= 15 is 0 Å². The van der Waals surface area contributed by atoms with E-state index in [9.17, 15) is 4.79 Å². The van der Waals surface area contributed by atoms with Gasteiger partial charge in [-0.2, -0.15) is 0 Å². The summed E-state index contributed by atoms with van der Waals surface area (Å²) < 4.78 is 0. The number of nitrogens with one attached hydrogen (secondary N) is 1. The van der Waals surface area contributed by atoms with Crippen molar-refractivity contribution in [3.8, 4) is 0 Å². The summed E-state index contributed by atoms with van der Waals surface area (Å²) in [6, 6.07) is 5.30. The standard InChI is InChI=1S/C14H18Cl2N2O/c1-17-5-3-13(4-6-17)18(2)14(19)10-7-11(15)9-12(16)8-10/h7-9,13H,3-6H2,1-2H3/p+1. The number of benzene rings is 1. The van der Waals surface area contributed by atoms with Crippen molar-refractivity contribution in [3.05, 3.63) is 33.8 Å². The quantitative estimate of drug-likeness (QED) is 0.884. The third-order valence-electron chi connectivity index (χ3n) is 3.79. The molecule has 1 aliphatic heterocycles. The van der Waals surface area contributed by atoms with Crippen LogP contribution in [0.4, 0.5) is 0 Å². The topological polar surface area (TPSA) is 24.8 Å². The lowest BCUT2D eigenvalue weighted by atomic mass is 10.0. The zero-order chi connectivity index (χ0) is 14.0. The number of likely N-dealkylation sites (tertiary alicyclic amines) is 1. The van der Waals surface area contributed by atoms with Crippen LogP contribution < -0.4 is 4.90 Å². The van der Waals surface area contributed by atoms with Crippen LogP contribution in [-0.4, -0.2) is 44.0 Å². The maximum Gasteiger partial charge on any atom is 0.253 e. The maximum absolute atomic E-state index is 12.4. The number of carbonyl (C=O) groups excluding carboxylic acids is 1. The van der Waals surface area contributed by atoms with Gasteiger partial charge in [-0.3, -0.25) is 4.79 Å². The lowest BCUT2D eigenvalue weighted by Crippen LogP contribution is -3.10. The highest BCUT2D eigenvalue weighted by molar-refractivity contribution is 6.35. The molecule has 1 saturated heterocycles. The van der Waals surface area contributed by atoms with Crippen LogP contribution in [0.25, 0.3) is 0 Å². The van der Waals surface area contributed by atoms with E-state index in [0.717, 1.165) is 25.9 Å². The number of hydrogen-bond donors (Lipinski definition) is 1. The number of rotatable bonds is 2. The highest BCUT2D eigenvalue weighted by atomic mass is 35.5. The van der Waals surface area contributed by atoms with Crippen LogP contribution in [0, 0.1) is 0 Å². The molecule has 0 aromatic heterocycles. The molecular formula is C14H19Cl2N2O+. The predicted octanol–water partition coefficient (Wildman–Crippen LogP) is 1.74. The minimum absolute atomic E-state index is 0.00560.